The van der Waals surface area contributed by atoms with E-state index in [9.17, 15) is 24.0 Å². The van der Waals surface area contributed by atoms with Gasteiger partial charge in [0.15, 0.2) is 0 Å². The lowest BCUT2D eigenvalue weighted by atomic mass is 10.0. The molecule has 4 rings (SSSR count). The van der Waals surface area contributed by atoms with Crippen molar-refractivity contribution in [2.75, 3.05) is 18.4 Å². The Morgan fingerprint density at radius 2 is 1.58 bits per heavy atom. The van der Waals surface area contributed by atoms with Crippen LogP contribution in [-0.4, -0.2) is 77.2 Å². The van der Waals surface area contributed by atoms with Crippen molar-refractivity contribution >= 4 is 35.6 Å². The molecule has 0 aromatic heterocycles. The second-order valence-corrected chi connectivity index (χ2v) is 14.4. The van der Waals surface area contributed by atoms with Gasteiger partial charge in [0.25, 0.3) is 0 Å². The number of hydrogen-bond acceptors (Lipinski definition) is 7. The summed E-state index contributed by atoms with van der Waals surface area (Å²) < 4.78 is 10.8. The highest BCUT2D eigenvalue weighted by Gasteiger charge is 2.43. The largest absolute Gasteiger partial charge is 0.444 e. The van der Waals surface area contributed by atoms with Crippen LogP contribution in [-0.2, 0) is 43.1 Å². The molecule has 0 saturated carbocycles. The molecule has 12 nitrogen and oxygen atoms in total. The average molecular weight is 664 g/mol. The SMILES string of the molecule is CC(C)(C)OC(=O)NCC(=O)NC1CC(C(=O)NC(CCc2ccccc2)C(=O)Nc2ccc3c(c2)CCC3)N(C(=O)OC(C)(C)C)C1. The Labute approximate surface area is 282 Å². The number of carbonyl (C=O) groups is 5. The summed E-state index contributed by atoms with van der Waals surface area (Å²) in [4.78, 5) is 66.9. The predicted octanol–water partition coefficient (Wildman–Crippen LogP) is 4.25. The molecule has 1 saturated heterocycles. The highest BCUT2D eigenvalue weighted by molar-refractivity contribution is 5.98. The number of hydrogen-bond donors (Lipinski definition) is 4. The van der Waals surface area contributed by atoms with Crippen LogP contribution >= 0.6 is 0 Å². The van der Waals surface area contributed by atoms with Gasteiger partial charge in [0.05, 0.1) is 0 Å². The summed E-state index contributed by atoms with van der Waals surface area (Å²) >= 11 is 0. The Balaban J connectivity index is 1.47. The number of amides is 5. The lowest BCUT2D eigenvalue weighted by molar-refractivity contribution is -0.129. The smallest absolute Gasteiger partial charge is 0.411 e. The third kappa shape index (κ3) is 11.0. The maximum absolute atomic E-state index is 13.9. The van der Waals surface area contributed by atoms with Gasteiger partial charge in [-0.1, -0.05) is 36.4 Å². The number of alkyl carbamates (subject to hydrolysis) is 1. The third-order valence-electron chi connectivity index (χ3n) is 7.95. The summed E-state index contributed by atoms with van der Waals surface area (Å²) in [6.07, 6.45) is 2.56. The standard InChI is InChI=1S/C36H49N5O7/c1-35(2,3)47-33(45)37-21-30(42)38-27-20-29(41(22-27)34(46)48-36(4,5)6)32(44)40-28(18-15-23-11-8-7-9-12-23)31(43)39-26-17-16-24-13-10-14-25(24)19-26/h7-9,11-12,16-17,19,27-29H,10,13-15,18,20-22H2,1-6H3,(H,37,45)(H,38,42)(H,39,43)(H,40,44). The first kappa shape index (κ1) is 36.2. The van der Waals surface area contributed by atoms with Gasteiger partial charge in [-0.2, -0.15) is 0 Å². The minimum absolute atomic E-state index is 0.00117. The number of anilines is 1. The molecule has 3 atom stereocenters. The molecular formula is C36H49N5O7. The van der Waals surface area contributed by atoms with Crippen LogP contribution in [0.1, 0.15) is 77.5 Å². The first-order chi connectivity index (χ1) is 22.6. The lowest BCUT2D eigenvalue weighted by Gasteiger charge is -2.29. The van der Waals surface area contributed by atoms with E-state index in [-0.39, 0.29) is 25.4 Å². The van der Waals surface area contributed by atoms with Crippen molar-refractivity contribution in [2.24, 2.45) is 0 Å². The molecule has 3 unspecified atom stereocenters. The van der Waals surface area contributed by atoms with Gasteiger partial charge in [-0.25, -0.2) is 9.59 Å². The molecule has 48 heavy (non-hydrogen) atoms. The fourth-order valence-corrected chi connectivity index (χ4v) is 5.83. The number of carbonyl (C=O) groups excluding carboxylic acids is 5. The van der Waals surface area contributed by atoms with Crippen LogP contribution in [0.5, 0.6) is 0 Å². The van der Waals surface area contributed by atoms with Crippen molar-refractivity contribution in [2.45, 2.75) is 109 Å². The molecule has 2 aromatic rings. The number of ether oxygens (including phenoxy) is 2. The van der Waals surface area contributed by atoms with Gasteiger partial charge in [-0.15, -0.1) is 0 Å². The highest BCUT2D eigenvalue weighted by Crippen LogP contribution is 2.26. The molecule has 5 amide bonds. The topological polar surface area (TPSA) is 155 Å². The molecule has 2 aromatic carbocycles. The predicted molar refractivity (Wildman–Crippen MR) is 181 cm³/mol. The Hall–Kier alpha value is -4.61. The molecule has 12 heteroatoms. The van der Waals surface area contributed by atoms with Crippen LogP contribution < -0.4 is 21.3 Å². The molecule has 260 valence electrons. The zero-order valence-electron chi connectivity index (χ0n) is 28.8. The van der Waals surface area contributed by atoms with Crippen LogP contribution in [0.15, 0.2) is 48.5 Å². The quantitative estimate of drug-likeness (QED) is 0.296. The van der Waals surface area contributed by atoms with Gasteiger partial charge in [-0.05, 0) is 109 Å². The zero-order valence-corrected chi connectivity index (χ0v) is 28.8. The number of nitrogens with one attached hydrogen (secondary N) is 4. The van der Waals surface area contributed by atoms with Gasteiger partial charge in [0.2, 0.25) is 17.7 Å². The van der Waals surface area contributed by atoms with Crippen LogP contribution in [0, 0.1) is 0 Å². The summed E-state index contributed by atoms with van der Waals surface area (Å²) in [5, 5.41) is 11.1. The monoisotopic (exact) mass is 663 g/mol. The normalized spacial score (nSPS) is 17.9. The number of aryl methyl sites for hydroxylation is 3. The number of nitrogens with zero attached hydrogens (tertiary/aromatic N) is 1. The van der Waals surface area contributed by atoms with E-state index in [0.717, 1.165) is 24.8 Å². The van der Waals surface area contributed by atoms with Gasteiger partial charge < -0.3 is 30.7 Å². The highest BCUT2D eigenvalue weighted by atomic mass is 16.6. The van der Waals surface area contributed by atoms with Gasteiger partial charge >= 0.3 is 12.2 Å². The van der Waals surface area contributed by atoms with Crippen molar-refractivity contribution < 1.29 is 33.4 Å². The molecule has 4 N–H and O–H groups in total. The van der Waals surface area contributed by atoms with Crippen LogP contribution in [0.25, 0.3) is 0 Å². The third-order valence-corrected chi connectivity index (χ3v) is 7.95. The summed E-state index contributed by atoms with van der Waals surface area (Å²) in [6.45, 7) is 9.96. The summed E-state index contributed by atoms with van der Waals surface area (Å²) in [6, 6.07) is 13.0. The van der Waals surface area contributed by atoms with E-state index in [1.807, 2.05) is 48.5 Å². The van der Waals surface area contributed by atoms with E-state index >= 15 is 0 Å². The molecule has 0 spiro atoms. The van der Waals surface area contributed by atoms with Gasteiger partial charge in [0.1, 0.15) is 29.8 Å². The zero-order chi connectivity index (χ0) is 35.1. The second-order valence-electron chi connectivity index (χ2n) is 14.4. The number of rotatable bonds is 10. The fourth-order valence-electron chi connectivity index (χ4n) is 5.83. The molecule has 1 heterocycles. The molecule has 0 radical (unpaired) electrons. The summed E-state index contributed by atoms with van der Waals surface area (Å²) in [7, 11) is 0. The van der Waals surface area contributed by atoms with E-state index in [2.05, 4.69) is 21.3 Å². The van der Waals surface area contributed by atoms with E-state index in [1.54, 1.807) is 41.5 Å². The lowest BCUT2D eigenvalue weighted by Crippen LogP contribution is -2.52. The minimum atomic E-state index is -1.02. The van der Waals surface area contributed by atoms with E-state index < -0.39 is 53.3 Å². The van der Waals surface area contributed by atoms with Crippen LogP contribution in [0.2, 0.25) is 0 Å². The maximum Gasteiger partial charge on any atom is 0.411 e. The second kappa shape index (κ2) is 15.5. The Morgan fingerprint density at radius 1 is 0.896 bits per heavy atom. The molecule has 1 aliphatic heterocycles. The molecule has 0 bridgehead atoms. The molecule has 1 fully saturated rings. The summed E-state index contributed by atoms with van der Waals surface area (Å²) in [5.41, 5.74) is 2.63. The van der Waals surface area contributed by atoms with Crippen molar-refractivity contribution in [3.05, 3.63) is 65.2 Å². The van der Waals surface area contributed by atoms with Crippen LogP contribution in [0.4, 0.5) is 15.3 Å². The first-order valence-electron chi connectivity index (χ1n) is 16.6. The molecule has 2 aliphatic rings. The van der Waals surface area contributed by atoms with Crippen molar-refractivity contribution in [3.63, 3.8) is 0 Å². The minimum Gasteiger partial charge on any atom is -0.444 e. The molecule has 1 aliphatic carbocycles. The van der Waals surface area contributed by atoms with Crippen LogP contribution in [0.3, 0.4) is 0 Å². The van der Waals surface area contributed by atoms with E-state index in [4.69, 9.17) is 9.47 Å². The van der Waals surface area contributed by atoms with E-state index in [0.29, 0.717) is 18.5 Å². The number of likely N-dealkylation sites (tertiary alicyclic amines) is 1. The summed E-state index contributed by atoms with van der Waals surface area (Å²) in [5.74, 6) is -1.41. The molecular weight excluding hydrogens is 614 g/mol. The first-order valence-corrected chi connectivity index (χ1v) is 16.6. The Kier molecular flexibility index (Phi) is 11.7. The number of benzene rings is 2. The van der Waals surface area contributed by atoms with Crippen molar-refractivity contribution in [3.8, 4) is 0 Å². The number of fused-ring (bicyclic) bond motifs is 1. The van der Waals surface area contributed by atoms with E-state index in [1.165, 1.54) is 16.0 Å². The Bertz CT molecular complexity index is 1480. The Morgan fingerprint density at radius 3 is 2.27 bits per heavy atom. The fraction of sp³-hybridized carbons (Fsp3) is 0.528. The van der Waals surface area contributed by atoms with Crippen molar-refractivity contribution in [1.29, 1.82) is 0 Å². The average Bonchev–Trinajstić information content (AvgIpc) is 3.64. The maximum atomic E-state index is 13.9. The van der Waals surface area contributed by atoms with Crippen molar-refractivity contribution in [1.82, 2.24) is 20.9 Å². The van der Waals surface area contributed by atoms with Gasteiger partial charge in [0, 0.05) is 18.3 Å². The van der Waals surface area contributed by atoms with Gasteiger partial charge in [-0.3, -0.25) is 19.3 Å².